The quantitative estimate of drug-likeness (QED) is 0.887. The molecule has 0 amide bonds. The first kappa shape index (κ1) is 13.4. The van der Waals surface area contributed by atoms with Crippen molar-refractivity contribution < 1.29 is 18.3 Å². The van der Waals surface area contributed by atoms with Gasteiger partial charge in [0.25, 0.3) is 0 Å². The molecule has 18 heavy (non-hydrogen) atoms. The standard InChI is InChI=1S/C13H18O4S/c1-17-13-5-3-2-4-10(13)8-12(14)11-6-7-18(15,16)9-11/h2-5,11-12,14H,6-9H2,1H3. The topological polar surface area (TPSA) is 63.6 Å². The Morgan fingerprint density at radius 1 is 1.44 bits per heavy atom. The summed E-state index contributed by atoms with van der Waals surface area (Å²) in [5.41, 5.74) is 0.914. The molecule has 0 aromatic heterocycles. The molecule has 1 aliphatic rings. The first-order valence-corrected chi connectivity index (χ1v) is 7.84. The number of aliphatic hydroxyl groups excluding tert-OH is 1. The summed E-state index contributed by atoms with van der Waals surface area (Å²) in [6.45, 7) is 0. The summed E-state index contributed by atoms with van der Waals surface area (Å²) in [5, 5.41) is 10.1. The van der Waals surface area contributed by atoms with Gasteiger partial charge in [-0.1, -0.05) is 18.2 Å². The van der Waals surface area contributed by atoms with Crippen LogP contribution in [0.5, 0.6) is 5.75 Å². The molecule has 2 atom stereocenters. The SMILES string of the molecule is COc1ccccc1CC(O)C1CCS(=O)(=O)C1. The predicted octanol–water partition coefficient (Wildman–Crippen LogP) is 1.03. The van der Waals surface area contributed by atoms with Crippen LogP contribution in [-0.4, -0.2) is 38.2 Å². The van der Waals surface area contributed by atoms with Crippen LogP contribution in [0.15, 0.2) is 24.3 Å². The van der Waals surface area contributed by atoms with Gasteiger partial charge >= 0.3 is 0 Å². The molecule has 4 nitrogen and oxygen atoms in total. The lowest BCUT2D eigenvalue weighted by Gasteiger charge is -2.18. The van der Waals surface area contributed by atoms with Crippen molar-refractivity contribution in [3.63, 3.8) is 0 Å². The molecule has 5 heteroatoms. The molecule has 100 valence electrons. The Kier molecular flexibility index (Phi) is 3.92. The molecule has 1 fully saturated rings. The van der Waals surface area contributed by atoms with Crippen LogP contribution in [0.3, 0.4) is 0 Å². The fourth-order valence-corrected chi connectivity index (χ4v) is 4.26. The zero-order valence-electron chi connectivity index (χ0n) is 10.4. The van der Waals surface area contributed by atoms with Crippen molar-refractivity contribution in [2.45, 2.75) is 18.9 Å². The molecular weight excluding hydrogens is 252 g/mol. The molecule has 2 rings (SSSR count). The number of rotatable bonds is 4. The Balaban J connectivity index is 2.05. The zero-order valence-corrected chi connectivity index (χ0v) is 11.2. The van der Waals surface area contributed by atoms with E-state index in [9.17, 15) is 13.5 Å². The molecule has 0 aliphatic carbocycles. The highest BCUT2D eigenvalue weighted by Crippen LogP contribution is 2.26. The van der Waals surface area contributed by atoms with Crippen molar-refractivity contribution in [3.8, 4) is 5.75 Å². The normalized spacial score (nSPS) is 23.8. The van der Waals surface area contributed by atoms with Crippen molar-refractivity contribution in [3.05, 3.63) is 29.8 Å². The Bertz CT molecular complexity index is 509. The molecule has 0 saturated carbocycles. The molecule has 1 aliphatic heterocycles. The summed E-state index contributed by atoms with van der Waals surface area (Å²) >= 11 is 0. The first-order chi connectivity index (χ1) is 8.52. The molecule has 0 spiro atoms. The lowest BCUT2D eigenvalue weighted by atomic mass is 9.95. The summed E-state index contributed by atoms with van der Waals surface area (Å²) in [5.74, 6) is 0.876. The van der Waals surface area contributed by atoms with Gasteiger partial charge in [-0.05, 0) is 18.1 Å². The Morgan fingerprint density at radius 2 is 2.17 bits per heavy atom. The van der Waals surface area contributed by atoms with Crippen LogP contribution < -0.4 is 4.74 Å². The van der Waals surface area contributed by atoms with Gasteiger partial charge in [-0.25, -0.2) is 8.42 Å². The smallest absolute Gasteiger partial charge is 0.150 e. The molecule has 1 aromatic rings. The van der Waals surface area contributed by atoms with Crippen LogP contribution in [0.1, 0.15) is 12.0 Å². The van der Waals surface area contributed by atoms with Crippen LogP contribution in [0.4, 0.5) is 0 Å². The highest BCUT2D eigenvalue weighted by molar-refractivity contribution is 7.91. The Labute approximate surface area is 108 Å². The maximum atomic E-state index is 11.4. The number of ether oxygens (including phenoxy) is 1. The third-order valence-electron chi connectivity index (χ3n) is 3.43. The molecule has 1 N–H and O–H groups in total. The van der Waals surface area contributed by atoms with Gasteiger partial charge in [0, 0.05) is 12.3 Å². The van der Waals surface area contributed by atoms with E-state index in [1.165, 1.54) is 0 Å². The van der Waals surface area contributed by atoms with E-state index in [-0.39, 0.29) is 17.4 Å². The highest BCUT2D eigenvalue weighted by Gasteiger charge is 2.33. The second kappa shape index (κ2) is 5.28. The predicted molar refractivity (Wildman–Crippen MR) is 69.5 cm³/mol. The number of benzene rings is 1. The van der Waals surface area contributed by atoms with E-state index in [1.54, 1.807) is 7.11 Å². The van der Waals surface area contributed by atoms with Gasteiger partial charge in [-0.2, -0.15) is 0 Å². The number of hydrogen-bond acceptors (Lipinski definition) is 4. The van der Waals surface area contributed by atoms with Crippen LogP contribution in [-0.2, 0) is 16.3 Å². The second-order valence-electron chi connectivity index (χ2n) is 4.75. The van der Waals surface area contributed by atoms with E-state index >= 15 is 0 Å². The van der Waals surface area contributed by atoms with Crippen LogP contribution in [0, 0.1) is 5.92 Å². The first-order valence-electron chi connectivity index (χ1n) is 6.02. The lowest BCUT2D eigenvalue weighted by molar-refractivity contribution is 0.119. The zero-order chi connectivity index (χ0) is 13.2. The molecule has 1 aromatic carbocycles. The summed E-state index contributed by atoms with van der Waals surface area (Å²) in [4.78, 5) is 0. The van der Waals surface area contributed by atoms with E-state index in [0.29, 0.717) is 12.8 Å². The van der Waals surface area contributed by atoms with E-state index < -0.39 is 15.9 Å². The summed E-state index contributed by atoms with van der Waals surface area (Å²) in [7, 11) is -1.35. The van der Waals surface area contributed by atoms with Gasteiger partial charge in [-0.15, -0.1) is 0 Å². The fraction of sp³-hybridized carbons (Fsp3) is 0.538. The number of methoxy groups -OCH3 is 1. The number of para-hydroxylation sites is 1. The number of hydrogen-bond donors (Lipinski definition) is 1. The van der Waals surface area contributed by atoms with E-state index in [1.807, 2.05) is 24.3 Å². The Hall–Kier alpha value is -1.07. The molecular formula is C13H18O4S. The maximum Gasteiger partial charge on any atom is 0.150 e. The van der Waals surface area contributed by atoms with Crippen LogP contribution in [0.2, 0.25) is 0 Å². The highest BCUT2D eigenvalue weighted by atomic mass is 32.2. The third kappa shape index (κ3) is 3.03. The van der Waals surface area contributed by atoms with Crippen LogP contribution >= 0.6 is 0 Å². The maximum absolute atomic E-state index is 11.4. The Morgan fingerprint density at radius 3 is 2.78 bits per heavy atom. The molecule has 0 bridgehead atoms. The molecule has 1 saturated heterocycles. The van der Waals surface area contributed by atoms with E-state index in [0.717, 1.165) is 11.3 Å². The van der Waals surface area contributed by atoms with E-state index in [4.69, 9.17) is 4.74 Å². The number of sulfone groups is 1. The minimum atomic E-state index is -2.94. The monoisotopic (exact) mass is 270 g/mol. The molecule has 1 heterocycles. The van der Waals surface area contributed by atoms with E-state index in [2.05, 4.69) is 0 Å². The van der Waals surface area contributed by atoms with Crippen molar-refractivity contribution in [1.29, 1.82) is 0 Å². The number of aliphatic hydroxyl groups is 1. The van der Waals surface area contributed by atoms with Crippen molar-refractivity contribution in [2.24, 2.45) is 5.92 Å². The third-order valence-corrected chi connectivity index (χ3v) is 5.23. The average molecular weight is 270 g/mol. The van der Waals surface area contributed by atoms with Gasteiger partial charge in [0.15, 0.2) is 9.84 Å². The van der Waals surface area contributed by atoms with Gasteiger partial charge < -0.3 is 9.84 Å². The average Bonchev–Trinajstić information content (AvgIpc) is 2.70. The van der Waals surface area contributed by atoms with Crippen molar-refractivity contribution >= 4 is 9.84 Å². The molecule has 2 unspecified atom stereocenters. The van der Waals surface area contributed by atoms with Crippen molar-refractivity contribution in [1.82, 2.24) is 0 Å². The second-order valence-corrected chi connectivity index (χ2v) is 6.98. The summed E-state index contributed by atoms with van der Waals surface area (Å²) in [6, 6.07) is 7.49. The summed E-state index contributed by atoms with van der Waals surface area (Å²) in [6.07, 6.45) is 0.363. The van der Waals surface area contributed by atoms with Gasteiger partial charge in [0.05, 0.1) is 24.7 Å². The van der Waals surface area contributed by atoms with Gasteiger partial charge in [0.1, 0.15) is 5.75 Å². The van der Waals surface area contributed by atoms with Crippen LogP contribution in [0.25, 0.3) is 0 Å². The van der Waals surface area contributed by atoms with Gasteiger partial charge in [-0.3, -0.25) is 0 Å². The van der Waals surface area contributed by atoms with Gasteiger partial charge in [0.2, 0.25) is 0 Å². The molecule has 0 radical (unpaired) electrons. The largest absolute Gasteiger partial charge is 0.496 e. The summed E-state index contributed by atoms with van der Waals surface area (Å²) < 4.78 is 28.0. The fourth-order valence-electron chi connectivity index (χ4n) is 2.39. The minimum absolute atomic E-state index is 0.101. The lowest BCUT2D eigenvalue weighted by Crippen LogP contribution is -2.24. The van der Waals surface area contributed by atoms with Crippen molar-refractivity contribution in [2.75, 3.05) is 18.6 Å². The minimum Gasteiger partial charge on any atom is -0.496 e.